The molecule has 6 heteroatoms. The Hall–Kier alpha value is -2.66. The molecular weight excluding hydrogens is 333 g/mol. The highest BCUT2D eigenvalue weighted by Gasteiger charge is 2.17. The van der Waals surface area contributed by atoms with E-state index >= 15 is 0 Å². The van der Waals surface area contributed by atoms with E-state index < -0.39 is 23.6 Å². The molecule has 3 aromatic rings. The number of hydrogen-bond acceptors (Lipinski definition) is 2. The normalized spacial score (nSPS) is 11.0. The van der Waals surface area contributed by atoms with Gasteiger partial charge in [-0.15, -0.1) is 0 Å². The van der Waals surface area contributed by atoms with E-state index in [1.165, 1.54) is 12.1 Å². The summed E-state index contributed by atoms with van der Waals surface area (Å²) in [5.41, 5.74) is 1.39. The maximum atomic E-state index is 13.6. The van der Waals surface area contributed by atoms with Gasteiger partial charge in [-0.2, -0.15) is 0 Å². The number of hydrogen-bond donors (Lipinski definition) is 1. The third-order valence-electron chi connectivity index (χ3n) is 3.90. The maximum Gasteiger partial charge on any atom is 0.308 e. The van der Waals surface area contributed by atoms with E-state index in [1.54, 1.807) is 35.8 Å². The first-order valence-electron chi connectivity index (χ1n) is 7.20. The molecule has 0 aliphatic carbocycles. The van der Waals surface area contributed by atoms with Crippen LogP contribution in [0, 0.1) is 12.7 Å². The quantitative estimate of drug-likeness (QED) is 0.787. The van der Waals surface area contributed by atoms with Gasteiger partial charge in [0, 0.05) is 27.4 Å². The predicted molar refractivity (Wildman–Crippen MR) is 90.6 cm³/mol. The number of aromatic nitrogens is 1. The number of rotatable bonds is 3. The molecule has 1 N–H and O–H groups in total. The van der Waals surface area contributed by atoms with Crippen LogP contribution in [0.2, 0.25) is 5.02 Å². The van der Waals surface area contributed by atoms with Crippen molar-refractivity contribution < 1.29 is 14.3 Å². The Kier molecular flexibility index (Phi) is 4.11. The SMILES string of the molecule is Cc1c(CC(=O)O)c(=O)c2cc(F)ccc2n1-c1ccc(Cl)cc1. The van der Waals surface area contributed by atoms with E-state index in [2.05, 4.69) is 0 Å². The second-order valence-electron chi connectivity index (χ2n) is 5.44. The summed E-state index contributed by atoms with van der Waals surface area (Å²) in [5.74, 6) is -1.67. The van der Waals surface area contributed by atoms with Crippen LogP contribution in [0.5, 0.6) is 0 Å². The number of carboxylic acids is 1. The van der Waals surface area contributed by atoms with Gasteiger partial charge in [-0.3, -0.25) is 9.59 Å². The van der Waals surface area contributed by atoms with Gasteiger partial charge in [0.05, 0.1) is 11.9 Å². The van der Waals surface area contributed by atoms with Crippen molar-refractivity contribution in [3.05, 3.63) is 74.8 Å². The Morgan fingerprint density at radius 3 is 2.50 bits per heavy atom. The molecule has 2 aromatic carbocycles. The Morgan fingerprint density at radius 2 is 1.88 bits per heavy atom. The van der Waals surface area contributed by atoms with Gasteiger partial charge in [-0.1, -0.05) is 11.6 Å². The molecular formula is C18H13ClFNO3. The molecule has 0 fully saturated rings. The molecule has 1 heterocycles. The third kappa shape index (κ3) is 2.78. The number of benzene rings is 2. The van der Waals surface area contributed by atoms with Crippen LogP contribution in [-0.4, -0.2) is 15.6 Å². The molecule has 4 nitrogen and oxygen atoms in total. The van der Waals surface area contributed by atoms with Crippen molar-refractivity contribution in [2.45, 2.75) is 13.3 Å². The number of pyridine rings is 1. The Bertz CT molecular complexity index is 1010. The van der Waals surface area contributed by atoms with Crippen LogP contribution >= 0.6 is 11.6 Å². The summed E-state index contributed by atoms with van der Waals surface area (Å²) in [6, 6.07) is 10.8. The molecule has 0 unspecified atom stereocenters. The summed E-state index contributed by atoms with van der Waals surface area (Å²) >= 11 is 5.92. The standard InChI is InChI=1S/C18H13ClFNO3/c1-10-14(9-17(22)23)18(24)15-8-12(20)4-7-16(15)21(10)13-5-2-11(19)3-6-13/h2-8H,9H2,1H3,(H,22,23). The average Bonchev–Trinajstić information content (AvgIpc) is 2.54. The van der Waals surface area contributed by atoms with Crippen LogP contribution in [-0.2, 0) is 11.2 Å². The molecule has 3 rings (SSSR count). The minimum Gasteiger partial charge on any atom is -0.481 e. The number of aliphatic carboxylic acids is 1. The second-order valence-corrected chi connectivity index (χ2v) is 5.87. The van der Waals surface area contributed by atoms with Gasteiger partial charge < -0.3 is 9.67 Å². The van der Waals surface area contributed by atoms with Crippen molar-refractivity contribution in [2.24, 2.45) is 0 Å². The molecule has 24 heavy (non-hydrogen) atoms. The van der Waals surface area contributed by atoms with Crippen molar-refractivity contribution in [1.82, 2.24) is 4.57 Å². The van der Waals surface area contributed by atoms with Gasteiger partial charge in [-0.25, -0.2) is 4.39 Å². The van der Waals surface area contributed by atoms with Gasteiger partial charge in [0.2, 0.25) is 0 Å². The van der Waals surface area contributed by atoms with E-state index in [4.69, 9.17) is 16.7 Å². The number of halogens is 2. The van der Waals surface area contributed by atoms with Gasteiger partial charge in [0.1, 0.15) is 5.82 Å². The highest BCUT2D eigenvalue weighted by molar-refractivity contribution is 6.30. The van der Waals surface area contributed by atoms with Crippen LogP contribution in [0.4, 0.5) is 4.39 Å². The fraction of sp³-hybridized carbons (Fsp3) is 0.111. The lowest BCUT2D eigenvalue weighted by molar-refractivity contribution is -0.136. The van der Waals surface area contributed by atoms with Gasteiger partial charge in [-0.05, 0) is 49.4 Å². The summed E-state index contributed by atoms with van der Waals surface area (Å²) in [4.78, 5) is 23.7. The van der Waals surface area contributed by atoms with Crippen molar-refractivity contribution >= 4 is 28.5 Å². The van der Waals surface area contributed by atoms with Crippen molar-refractivity contribution in [2.75, 3.05) is 0 Å². The summed E-state index contributed by atoms with van der Waals surface area (Å²) < 4.78 is 15.4. The molecule has 0 amide bonds. The fourth-order valence-electron chi connectivity index (χ4n) is 2.81. The number of carbonyl (C=O) groups is 1. The van der Waals surface area contributed by atoms with Crippen LogP contribution in [0.1, 0.15) is 11.3 Å². The lowest BCUT2D eigenvalue weighted by Crippen LogP contribution is -2.21. The lowest BCUT2D eigenvalue weighted by atomic mass is 10.0. The smallest absolute Gasteiger partial charge is 0.308 e. The zero-order valence-corrected chi connectivity index (χ0v) is 13.5. The lowest BCUT2D eigenvalue weighted by Gasteiger charge is -2.18. The van der Waals surface area contributed by atoms with Crippen LogP contribution < -0.4 is 5.43 Å². The van der Waals surface area contributed by atoms with E-state index in [0.29, 0.717) is 21.9 Å². The Labute approximate surface area is 141 Å². The van der Waals surface area contributed by atoms with E-state index in [0.717, 1.165) is 6.07 Å². The number of carboxylic acid groups (broad SMARTS) is 1. The minimum atomic E-state index is -1.12. The van der Waals surface area contributed by atoms with Gasteiger partial charge in [0.15, 0.2) is 5.43 Å². The van der Waals surface area contributed by atoms with Gasteiger partial charge in [0.25, 0.3) is 0 Å². The Balaban J connectivity index is 2.44. The van der Waals surface area contributed by atoms with Crippen molar-refractivity contribution in [3.8, 4) is 5.69 Å². The van der Waals surface area contributed by atoms with E-state index in [1.807, 2.05) is 0 Å². The van der Waals surface area contributed by atoms with E-state index in [-0.39, 0.29) is 10.9 Å². The summed E-state index contributed by atoms with van der Waals surface area (Å²) in [7, 11) is 0. The van der Waals surface area contributed by atoms with Crippen LogP contribution in [0.3, 0.4) is 0 Å². The highest BCUT2D eigenvalue weighted by Crippen LogP contribution is 2.23. The first kappa shape index (κ1) is 16.2. The number of nitrogens with zero attached hydrogens (tertiary/aromatic N) is 1. The first-order chi connectivity index (χ1) is 11.4. The first-order valence-corrected chi connectivity index (χ1v) is 7.58. The molecule has 0 bridgehead atoms. The third-order valence-corrected chi connectivity index (χ3v) is 4.16. The predicted octanol–water partition coefficient (Wildman–Crippen LogP) is 3.72. The second kappa shape index (κ2) is 6.09. The van der Waals surface area contributed by atoms with Crippen LogP contribution in [0.15, 0.2) is 47.3 Å². The maximum absolute atomic E-state index is 13.6. The molecule has 0 spiro atoms. The van der Waals surface area contributed by atoms with E-state index in [9.17, 15) is 14.0 Å². The van der Waals surface area contributed by atoms with Crippen LogP contribution in [0.25, 0.3) is 16.6 Å². The topological polar surface area (TPSA) is 59.3 Å². The molecule has 0 aliphatic heterocycles. The molecule has 0 saturated carbocycles. The summed E-state index contributed by atoms with van der Waals surface area (Å²) in [5, 5.41) is 9.80. The summed E-state index contributed by atoms with van der Waals surface area (Å²) in [6.45, 7) is 1.68. The molecule has 0 aliphatic rings. The zero-order valence-electron chi connectivity index (χ0n) is 12.7. The monoisotopic (exact) mass is 345 g/mol. The zero-order chi connectivity index (χ0) is 17.4. The average molecular weight is 346 g/mol. The molecule has 122 valence electrons. The number of fused-ring (bicyclic) bond motifs is 1. The summed E-state index contributed by atoms with van der Waals surface area (Å²) in [6.07, 6.45) is -0.426. The minimum absolute atomic E-state index is 0.135. The largest absolute Gasteiger partial charge is 0.481 e. The van der Waals surface area contributed by atoms with Crippen molar-refractivity contribution in [3.63, 3.8) is 0 Å². The van der Waals surface area contributed by atoms with Gasteiger partial charge >= 0.3 is 5.97 Å². The molecule has 0 saturated heterocycles. The fourth-order valence-corrected chi connectivity index (χ4v) is 2.94. The molecule has 0 radical (unpaired) electrons. The molecule has 1 aromatic heterocycles. The molecule has 0 atom stereocenters. The highest BCUT2D eigenvalue weighted by atomic mass is 35.5. The van der Waals surface area contributed by atoms with Crippen molar-refractivity contribution in [1.29, 1.82) is 0 Å². The Morgan fingerprint density at radius 1 is 1.21 bits per heavy atom.